The van der Waals surface area contributed by atoms with Crippen LogP contribution in [0.4, 0.5) is 0 Å². The minimum atomic E-state index is -0.122. The number of nitrogens with one attached hydrogen (secondary N) is 1. The minimum absolute atomic E-state index is 0.122. The third kappa shape index (κ3) is 1.51. The normalized spacial score (nSPS) is 21.5. The van der Waals surface area contributed by atoms with E-state index in [4.69, 9.17) is 4.42 Å². The van der Waals surface area contributed by atoms with E-state index in [1.165, 1.54) is 0 Å². The first-order valence-corrected chi connectivity index (χ1v) is 5.41. The summed E-state index contributed by atoms with van der Waals surface area (Å²) in [6.07, 6.45) is 3.98. The van der Waals surface area contributed by atoms with Crippen molar-refractivity contribution in [3.63, 3.8) is 0 Å². The standard InChI is InChI=1S/C12H12N2O2/c15-11-1-3-13-7-9(11)10-5-12-8(6-14-10)2-4-16-12/h2,4-6,9,13H,1,3,7H2. The number of piperidine rings is 1. The van der Waals surface area contributed by atoms with Crippen LogP contribution in [0.2, 0.25) is 0 Å². The van der Waals surface area contributed by atoms with Crippen LogP contribution in [0, 0.1) is 0 Å². The number of Topliss-reactive ketones (excluding diaryl/α,β-unsaturated/α-hetero) is 1. The highest BCUT2D eigenvalue weighted by molar-refractivity contribution is 5.87. The first-order chi connectivity index (χ1) is 7.84. The zero-order valence-corrected chi connectivity index (χ0v) is 8.77. The first-order valence-electron chi connectivity index (χ1n) is 5.41. The van der Waals surface area contributed by atoms with Crippen LogP contribution in [-0.4, -0.2) is 23.9 Å². The Bertz CT molecular complexity index is 533. The van der Waals surface area contributed by atoms with E-state index in [1.807, 2.05) is 12.1 Å². The van der Waals surface area contributed by atoms with Crippen molar-refractivity contribution < 1.29 is 9.21 Å². The lowest BCUT2D eigenvalue weighted by molar-refractivity contribution is -0.121. The summed E-state index contributed by atoms with van der Waals surface area (Å²) < 4.78 is 5.31. The topological polar surface area (TPSA) is 55.1 Å². The highest BCUT2D eigenvalue weighted by Gasteiger charge is 2.25. The summed E-state index contributed by atoms with van der Waals surface area (Å²) in [7, 11) is 0. The highest BCUT2D eigenvalue weighted by atomic mass is 16.3. The Morgan fingerprint density at radius 1 is 1.50 bits per heavy atom. The van der Waals surface area contributed by atoms with E-state index in [0.29, 0.717) is 13.0 Å². The molecule has 1 aliphatic rings. The molecule has 4 heteroatoms. The molecule has 1 saturated heterocycles. The highest BCUT2D eigenvalue weighted by Crippen LogP contribution is 2.22. The van der Waals surface area contributed by atoms with E-state index >= 15 is 0 Å². The molecule has 0 saturated carbocycles. The van der Waals surface area contributed by atoms with Crippen LogP contribution in [0.3, 0.4) is 0 Å². The molecule has 1 atom stereocenters. The predicted molar refractivity (Wildman–Crippen MR) is 59.2 cm³/mol. The van der Waals surface area contributed by atoms with E-state index in [0.717, 1.165) is 23.2 Å². The van der Waals surface area contributed by atoms with E-state index in [-0.39, 0.29) is 11.7 Å². The van der Waals surface area contributed by atoms with Gasteiger partial charge < -0.3 is 9.73 Å². The maximum absolute atomic E-state index is 11.8. The summed E-state index contributed by atoms with van der Waals surface area (Å²) in [5, 5.41) is 4.19. The van der Waals surface area contributed by atoms with Gasteiger partial charge in [0.1, 0.15) is 11.4 Å². The summed E-state index contributed by atoms with van der Waals surface area (Å²) >= 11 is 0. The van der Waals surface area contributed by atoms with Crippen LogP contribution < -0.4 is 5.32 Å². The number of rotatable bonds is 1. The van der Waals surface area contributed by atoms with Gasteiger partial charge in [-0.15, -0.1) is 0 Å². The van der Waals surface area contributed by atoms with Gasteiger partial charge in [0.05, 0.1) is 17.9 Å². The number of furan rings is 1. The Morgan fingerprint density at radius 3 is 3.31 bits per heavy atom. The van der Waals surface area contributed by atoms with Gasteiger partial charge in [-0.05, 0) is 6.07 Å². The number of carbonyl (C=O) groups excluding carboxylic acids is 1. The van der Waals surface area contributed by atoms with Gasteiger partial charge in [-0.2, -0.15) is 0 Å². The number of hydrogen-bond acceptors (Lipinski definition) is 4. The molecule has 16 heavy (non-hydrogen) atoms. The fourth-order valence-corrected chi connectivity index (χ4v) is 2.08. The van der Waals surface area contributed by atoms with Crippen molar-refractivity contribution in [3.8, 4) is 0 Å². The lowest BCUT2D eigenvalue weighted by Crippen LogP contribution is -2.35. The number of hydrogen-bond donors (Lipinski definition) is 1. The molecule has 2 aromatic rings. The molecule has 2 aromatic heterocycles. The fourth-order valence-electron chi connectivity index (χ4n) is 2.08. The Labute approximate surface area is 92.7 Å². The van der Waals surface area contributed by atoms with E-state index < -0.39 is 0 Å². The molecule has 1 aliphatic heterocycles. The SMILES string of the molecule is O=C1CCNCC1c1cc2occc2cn1. The Balaban J connectivity index is 2.00. The fraction of sp³-hybridized carbons (Fsp3) is 0.333. The van der Waals surface area contributed by atoms with Gasteiger partial charge >= 0.3 is 0 Å². The second kappa shape index (κ2) is 3.72. The van der Waals surface area contributed by atoms with E-state index in [9.17, 15) is 4.79 Å². The van der Waals surface area contributed by atoms with Crippen LogP contribution in [0.1, 0.15) is 18.0 Å². The quantitative estimate of drug-likeness (QED) is 0.784. The van der Waals surface area contributed by atoms with Crippen molar-refractivity contribution in [1.82, 2.24) is 10.3 Å². The molecule has 0 aromatic carbocycles. The van der Waals surface area contributed by atoms with Crippen LogP contribution in [0.25, 0.3) is 11.0 Å². The summed E-state index contributed by atoms with van der Waals surface area (Å²) in [6.45, 7) is 1.45. The van der Waals surface area contributed by atoms with Crippen LogP contribution >= 0.6 is 0 Å². The molecule has 0 bridgehead atoms. The smallest absolute Gasteiger partial charge is 0.144 e. The number of ketones is 1. The van der Waals surface area contributed by atoms with Crippen molar-refractivity contribution in [2.75, 3.05) is 13.1 Å². The van der Waals surface area contributed by atoms with Gasteiger partial charge in [-0.3, -0.25) is 9.78 Å². The number of aromatic nitrogens is 1. The summed E-state index contributed by atoms with van der Waals surface area (Å²) in [5.41, 5.74) is 1.60. The second-order valence-corrected chi connectivity index (χ2v) is 4.04. The molecule has 0 aliphatic carbocycles. The number of nitrogens with zero attached hydrogens (tertiary/aromatic N) is 1. The van der Waals surface area contributed by atoms with Gasteiger partial charge in [-0.25, -0.2) is 0 Å². The number of fused-ring (bicyclic) bond motifs is 1. The van der Waals surface area contributed by atoms with Crippen LogP contribution in [-0.2, 0) is 4.79 Å². The molecular formula is C12H12N2O2. The molecule has 1 fully saturated rings. The average molecular weight is 216 g/mol. The van der Waals surface area contributed by atoms with Gasteiger partial charge in [0.25, 0.3) is 0 Å². The van der Waals surface area contributed by atoms with Crippen molar-refractivity contribution in [1.29, 1.82) is 0 Å². The molecule has 1 N–H and O–H groups in total. The molecule has 3 rings (SSSR count). The van der Waals surface area contributed by atoms with Crippen molar-refractivity contribution in [3.05, 3.63) is 30.3 Å². The maximum Gasteiger partial charge on any atom is 0.144 e. The predicted octanol–water partition coefficient (Wildman–Crippen LogP) is 1.47. The molecule has 3 heterocycles. The number of carbonyl (C=O) groups is 1. The van der Waals surface area contributed by atoms with Crippen LogP contribution in [0.5, 0.6) is 0 Å². The zero-order valence-electron chi connectivity index (χ0n) is 8.77. The van der Waals surface area contributed by atoms with Crippen molar-refractivity contribution in [2.24, 2.45) is 0 Å². The van der Waals surface area contributed by atoms with Crippen molar-refractivity contribution >= 4 is 16.8 Å². The van der Waals surface area contributed by atoms with E-state index in [1.54, 1.807) is 12.5 Å². The number of pyridine rings is 1. The molecule has 1 unspecified atom stereocenters. The summed E-state index contributed by atoms with van der Waals surface area (Å²) in [4.78, 5) is 16.1. The third-order valence-electron chi connectivity index (χ3n) is 3.00. The second-order valence-electron chi connectivity index (χ2n) is 4.04. The largest absolute Gasteiger partial charge is 0.464 e. The molecule has 82 valence electrons. The zero-order chi connectivity index (χ0) is 11.0. The van der Waals surface area contributed by atoms with Gasteiger partial charge in [0.2, 0.25) is 0 Å². The summed E-state index contributed by atoms with van der Waals surface area (Å²) in [5.74, 6) is 0.139. The lowest BCUT2D eigenvalue weighted by atomic mass is 9.94. The summed E-state index contributed by atoms with van der Waals surface area (Å²) in [6, 6.07) is 3.73. The average Bonchev–Trinajstić information content (AvgIpc) is 2.76. The monoisotopic (exact) mass is 216 g/mol. The molecule has 0 amide bonds. The minimum Gasteiger partial charge on any atom is -0.464 e. The lowest BCUT2D eigenvalue weighted by Gasteiger charge is -2.20. The third-order valence-corrected chi connectivity index (χ3v) is 3.00. The Kier molecular flexibility index (Phi) is 2.22. The van der Waals surface area contributed by atoms with Crippen LogP contribution in [0.15, 0.2) is 29.0 Å². The molecule has 4 nitrogen and oxygen atoms in total. The van der Waals surface area contributed by atoms with Gasteiger partial charge in [0, 0.05) is 37.2 Å². The Hall–Kier alpha value is -1.68. The molecular weight excluding hydrogens is 204 g/mol. The molecule has 0 radical (unpaired) electrons. The van der Waals surface area contributed by atoms with Gasteiger partial charge in [-0.1, -0.05) is 0 Å². The van der Waals surface area contributed by atoms with E-state index in [2.05, 4.69) is 10.3 Å². The Morgan fingerprint density at radius 2 is 2.44 bits per heavy atom. The first kappa shape index (κ1) is 9.54. The van der Waals surface area contributed by atoms with Gasteiger partial charge in [0.15, 0.2) is 0 Å². The maximum atomic E-state index is 11.8. The van der Waals surface area contributed by atoms with Crippen molar-refractivity contribution in [2.45, 2.75) is 12.3 Å². The molecule has 0 spiro atoms.